The largest absolute Gasteiger partial charge is 0.454 e. The third kappa shape index (κ3) is 1.97. The van der Waals surface area contributed by atoms with Crippen LogP contribution in [0.4, 0.5) is 5.82 Å². The lowest BCUT2D eigenvalue weighted by Gasteiger charge is -2.04. The zero-order valence-corrected chi connectivity index (χ0v) is 12.3. The van der Waals surface area contributed by atoms with Gasteiger partial charge in [0.25, 0.3) is 0 Å². The number of fused-ring (bicyclic) bond motifs is 1. The summed E-state index contributed by atoms with van der Waals surface area (Å²) in [6.45, 7) is 0.234. The van der Waals surface area contributed by atoms with E-state index in [1.165, 1.54) is 0 Å². The van der Waals surface area contributed by atoms with Crippen LogP contribution in [-0.4, -0.2) is 17.0 Å². The maximum atomic E-state index is 5.99. The van der Waals surface area contributed by atoms with Gasteiger partial charge in [0.15, 0.2) is 27.7 Å². The van der Waals surface area contributed by atoms with E-state index in [0.717, 1.165) is 22.6 Å². The number of ether oxygens (including phenoxy) is 2. The average molecular weight is 348 g/mol. The minimum atomic E-state index is 0.234. The van der Waals surface area contributed by atoms with Gasteiger partial charge in [0, 0.05) is 0 Å². The number of halogens is 1. The molecule has 0 radical (unpaired) electrons. The molecule has 1 aliphatic heterocycles. The van der Waals surface area contributed by atoms with Crippen LogP contribution < -0.4 is 15.2 Å². The van der Waals surface area contributed by atoms with Gasteiger partial charge in [0.1, 0.15) is 5.69 Å². The molecule has 0 fully saturated rings. The molecule has 21 heavy (non-hydrogen) atoms. The Morgan fingerprint density at radius 3 is 2.81 bits per heavy atom. The molecule has 2 aromatic heterocycles. The predicted molar refractivity (Wildman–Crippen MR) is 80.0 cm³/mol. The zero-order valence-electron chi connectivity index (χ0n) is 10.7. The van der Waals surface area contributed by atoms with Crippen molar-refractivity contribution in [3.05, 3.63) is 35.0 Å². The Balaban J connectivity index is 1.87. The minimum Gasteiger partial charge on any atom is -0.454 e. The van der Waals surface area contributed by atoms with E-state index in [4.69, 9.17) is 19.6 Å². The Kier molecular flexibility index (Phi) is 2.68. The number of H-pyrrole nitrogens is 1. The van der Waals surface area contributed by atoms with Crippen molar-refractivity contribution in [3.8, 4) is 34.1 Å². The maximum absolute atomic E-state index is 5.99. The van der Waals surface area contributed by atoms with Gasteiger partial charge in [-0.05, 0) is 45.8 Å². The Labute approximate surface area is 128 Å². The average Bonchev–Trinajstić information content (AvgIpc) is 3.17. The number of nitrogens with two attached hydrogens (primary N) is 1. The van der Waals surface area contributed by atoms with Crippen LogP contribution in [0.5, 0.6) is 11.5 Å². The molecule has 3 aromatic rings. The van der Waals surface area contributed by atoms with Crippen LogP contribution in [0.15, 0.2) is 39.4 Å². The molecule has 0 spiro atoms. The fourth-order valence-electron chi connectivity index (χ4n) is 2.33. The fraction of sp³-hybridized carbons (Fsp3) is 0.0714. The van der Waals surface area contributed by atoms with E-state index in [9.17, 15) is 0 Å². The van der Waals surface area contributed by atoms with E-state index in [1.54, 1.807) is 0 Å². The third-order valence-electron chi connectivity index (χ3n) is 3.28. The number of nitrogen functional groups attached to an aromatic ring is 1. The number of benzene rings is 1. The summed E-state index contributed by atoms with van der Waals surface area (Å²) < 4.78 is 16.9. The van der Waals surface area contributed by atoms with Crippen molar-refractivity contribution < 1.29 is 13.9 Å². The number of hydrogen-bond acceptors (Lipinski definition) is 5. The monoisotopic (exact) mass is 347 g/mol. The van der Waals surface area contributed by atoms with Gasteiger partial charge in [-0.2, -0.15) is 5.10 Å². The van der Waals surface area contributed by atoms with Gasteiger partial charge in [-0.1, -0.05) is 6.07 Å². The van der Waals surface area contributed by atoms with E-state index in [-0.39, 0.29) is 6.79 Å². The Bertz CT molecular complexity index is 825. The van der Waals surface area contributed by atoms with Crippen molar-refractivity contribution in [1.29, 1.82) is 0 Å². The van der Waals surface area contributed by atoms with E-state index in [2.05, 4.69) is 26.1 Å². The topological polar surface area (TPSA) is 86.3 Å². The van der Waals surface area contributed by atoms with Crippen molar-refractivity contribution in [2.24, 2.45) is 0 Å². The van der Waals surface area contributed by atoms with Gasteiger partial charge in [-0.25, -0.2) is 0 Å². The number of aromatic amines is 1. The number of nitrogens with one attached hydrogen (secondary N) is 1. The third-order valence-corrected chi connectivity index (χ3v) is 3.70. The van der Waals surface area contributed by atoms with Crippen LogP contribution in [0, 0.1) is 0 Å². The number of hydrogen-bond donors (Lipinski definition) is 2. The second-order valence-electron chi connectivity index (χ2n) is 4.53. The first-order valence-corrected chi connectivity index (χ1v) is 7.01. The molecule has 0 atom stereocenters. The summed E-state index contributed by atoms with van der Waals surface area (Å²) in [5, 5.41) is 6.99. The summed E-state index contributed by atoms with van der Waals surface area (Å²) >= 11 is 3.29. The molecule has 0 amide bonds. The molecule has 0 bridgehead atoms. The van der Waals surface area contributed by atoms with Gasteiger partial charge in [-0.3, -0.25) is 5.10 Å². The van der Waals surface area contributed by atoms with Crippen LogP contribution in [0.2, 0.25) is 0 Å². The van der Waals surface area contributed by atoms with Crippen LogP contribution >= 0.6 is 15.9 Å². The van der Waals surface area contributed by atoms with Gasteiger partial charge < -0.3 is 19.6 Å². The number of aromatic nitrogens is 2. The molecule has 1 aromatic carbocycles. The summed E-state index contributed by atoms with van der Waals surface area (Å²) in [5.74, 6) is 2.47. The molecule has 0 unspecified atom stereocenters. The van der Waals surface area contributed by atoms with Crippen LogP contribution in [0.3, 0.4) is 0 Å². The Morgan fingerprint density at radius 2 is 2.00 bits per heavy atom. The van der Waals surface area contributed by atoms with Crippen LogP contribution in [-0.2, 0) is 0 Å². The highest BCUT2D eigenvalue weighted by Gasteiger charge is 2.20. The summed E-state index contributed by atoms with van der Waals surface area (Å²) in [6, 6.07) is 9.30. The molecule has 106 valence electrons. The SMILES string of the molecule is Nc1n[nH]c(-c2ccc(Br)o2)c1-c1ccc2c(c1)OCO2. The standard InChI is InChI=1S/C14H10BrN3O3/c15-11-4-3-9(21-11)13-12(14(16)18-17-13)7-1-2-8-10(5-7)20-6-19-8/h1-5H,6H2,(H3,16,17,18). The quantitative estimate of drug-likeness (QED) is 0.741. The van der Waals surface area contributed by atoms with Crippen molar-refractivity contribution >= 4 is 21.7 Å². The van der Waals surface area contributed by atoms with Crippen molar-refractivity contribution in [2.45, 2.75) is 0 Å². The highest BCUT2D eigenvalue weighted by atomic mass is 79.9. The van der Waals surface area contributed by atoms with E-state index >= 15 is 0 Å². The van der Waals surface area contributed by atoms with Gasteiger partial charge in [0.05, 0.1) is 5.56 Å². The summed E-state index contributed by atoms with van der Waals surface area (Å²) in [5.41, 5.74) is 8.37. The summed E-state index contributed by atoms with van der Waals surface area (Å²) in [4.78, 5) is 0. The Morgan fingerprint density at radius 1 is 1.14 bits per heavy atom. The molecule has 0 saturated heterocycles. The molecular weight excluding hydrogens is 338 g/mol. The zero-order chi connectivity index (χ0) is 14.4. The van der Waals surface area contributed by atoms with Crippen molar-refractivity contribution in [2.75, 3.05) is 12.5 Å². The van der Waals surface area contributed by atoms with Gasteiger partial charge in [-0.15, -0.1) is 0 Å². The first-order chi connectivity index (χ1) is 10.2. The van der Waals surface area contributed by atoms with E-state index < -0.39 is 0 Å². The molecule has 3 N–H and O–H groups in total. The van der Waals surface area contributed by atoms with Crippen LogP contribution in [0.25, 0.3) is 22.6 Å². The summed E-state index contributed by atoms with van der Waals surface area (Å²) in [6.07, 6.45) is 0. The summed E-state index contributed by atoms with van der Waals surface area (Å²) in [7, 11) is 0. The lowest BCUT2D eigenvalue weighted by Crippen LogP contribution is -1.93. The fourth-order valence-corrected chi connectivity index (χ4v) is 2.63. The first-order valence-electron chi connectivity index (χ1n) is 6.22. The molecule has 0 aliphatic carbocycles. The van der Waals surface area contributed by atoms with Gasteiger partial charge in [0.2, 0.25) is 6.79 Å². The lowest BCUT2D eigenvalue weighted by atomic mass is 10.0. The van der Waals surface area contributed by atoms with Crippen molar-refractivity contribution in [1.82, 2.24) is 10.2 Å². The van der Waals surface area contributed by atoms with Crippen LogP contribution in [0.1, 0.15) is 0 Å². The minimum absolute atomic E-state index is 0.234. The molecule has 7 heteroatoms. The van der Waals surface area contributed by atoms with E-state index in [1.807, 2.05) is 30.3 Å². The smallest absolute Gasteiger partial charge is 0.231 e. The highest BCUT2D eigenvalue weighted by molar-refractivity contribution is 9.10. The Hall–Kier alpha value is -2.41. The number of furan rings is 1. The maximum Gasteiger partial charge on any atom is 0.231 e. The number of nitrogens with zero attached hydrogens (tertiary/aromatic N) is 1. The lowest BCUT2D eigenvalue weighted by molar-refractivity contribution is 0.174. The first kappa shape index (κ1) is 12.3. The van der Waals surface area contributed by atoms with Crippen molar-refractivity contribution in [3.63, 3.8) is 0 Å². The molecule has 0 saturated carbocycles. The molecular formula is C14H10BrN3O3. The molecule has 1 aliphatic rings. The normalized spacial score (nSPS) is 12.8. The predicted octanol–water partition coefficient (Wildman–Crippen LogP) is 3.41. The molecule has 6 nitrogen and oxygen atoms in total. The van der Waals surface area contributed by atoms with E-state index in [0.29, 0.717) is 22.0 Å². The number of rotatable bonds is 2. The second kappa shape index (κ2) is 4.56. The molecule has 4 rings (SSSR count). The highest BCUT2D eigenvalue weighted by Crippen LogP contribution is 2.41. The second-order valence-corrected chi connectivity index (χ2v) is 5.31. The van der Waals surface area contributed by atoms with Gasteiger partial charge >= 0.3 is 0 Å². The molecule has 3 heterocycles. The number of anilines is 1.